The van der Waals surface area contributed by atoms with Gasteiger partial charge >= 0.3 is 6.03 Å². The van der Waals surface area contributed by atoms with Gasteiger partial charge in [-0.1, -0.05) is 46.5 Å². The fourth-order valence-corrected chi connectivity index (χ4v) is 3.71. The number of fused-ring (bicyclic) bond motifs is 1. The molecule has 1 aromatic carbocycles. The summed E-state index contributed by atoms with van der Waals surface area (Å²) < 4.78 is 2.06. The number of carbonyl (C=O) groups is 1. The van der Waals surface area contributed by atoms with Gasteiger partial charge in [0, 0.05) is 10.5 Å². The summed E-state index contributed by atoms with van der Waals surface area (Å²) in [6, 6.07) is 6.10. The summed E-state index contributed by atoms with van der Waals surface area (Å²) in [7, 11) is 0. The molecule has 6 heteroatoms. The quantitative estimate of drug-likeness (QED) is 0.834. The zero-order valence-corrected chi connectivity index (χ0v) is 13.4. The van der Waals surface area contributed by atoms with E-state index in [2.05, 4.69) is 31.5 Å². The highest BCUT2D eigenvalue weighted by Crippen LogP contribution is 2.28. The normalized spacial score (nSPS) is 16.2. The van der Waals surface area contributed by atoms with Crippen LogP contribution in [0.25, 0.3) is 10.2 Å². The predicted octanol–water partition coefficient (Wildman–Crippen LogP) is 4.51. The Morgan fingerprint density at radius 3 is 2.90 bits per heavy atom. The second-order valence-electron chi connectivity index (χ2n) is 5.06. The maximum atomic E-state index is 12.0. The third-order valence-corrected chi connectivity index (χ3v) is 4.96. The zero-order valence-electron chi connectivity index (χ0n) is 11.0. The second kappa shape index (κ2) is 6.10. The smallest absolute Gasteiger partial charge is 0.321 e. The maximum Gasteiger partial charge on any atom is 0.321 e. The molecule has 2 amide bonds. The predicted molar refractivity (Wildman–Crippen MR) is 86.3 cm³/mol. The largest absolute Gasteiger partial charge is 0.335 e. The van der Waals surface area contributed by atoms with Crippen molar-refractivity contribution >= 4 is 48.6 Å². The van der Waals surface area contributed by atoms with E-state index in [0.717, 1.165) is 27.5 Å². The van der Waals surface area contributed by atoms with E-state index in [1.54, 1.807) is 0 Å². The number of hydrogen-bond donors (Lipinski definition) is 2. The van der Waals surface area contributed by atoms with Crippen molar-refractivity contribution in [2.75, 3.05) is 5.32 Å². The Morgan fingerprint density at radius 1 is 1.30 bits per heavy atom. The average molecular weight is 354 g/mol. The van der Waals surface area contributed by atoms with Crippen LogP contribution in [0.1, 0.15) is 32.1 Å². The molecule has 1 heterocycles. The van der Waals surface area contributed by atoms with E-state index in [1.165, 1.54) is 30.6 Å². The molecule has 2 aromatic rings. The zero-order chi connectivity index (χ0) is 13.9. The molecule has 4 nitrogen and oxygen atoms in total. The van der Waals surface area contributed by atoms with Gasteiger partial charge in [-0.3, -0.25) is 5.32 Å². The van der Waals surface area contributed by atoms with Crippen molar-refractivity contribution in [3.8, 4) is 0 Å². The fourth-order valence-electron chi connectivity index (χ4n) is 2.52. The number of carbonyl (C=O) groups excluding carboxylic acids is 1. The standard InChI is InChI=1S/C14H16BrN3OS/c15-9-6-7-12-11(8-9)17-14(20-12)18-13(19)16-10-4-2-1-3-5-10/h6-8,10H,1-5H2,(H2,16,17,18,19). The molecule has 1 aromatic heterocycles. The Morgan fingerprint density at radius 2 is 2.10 bits per heavy atom. The minimum atomic E-state index is -0.143. The Bertz CT molecular complexity index is 622. The molecule has 1 aliphatic rings. The molecule has 0 aliphatic heterocycles. The third-order valence-electron chi connectivity index (χ3n) is 3.51. The van der Waals surface area contributed by atoms with E-state index in [4.69, 9.17) is 0 Å². The molecule has 0 bridgehead atoms. The molecule has 1 saturated carbocycles. The Balaban J connectivity index is 1.64. The lowest BCUT2D eigenvalue weighted by Gasteiger charge is -2.22. The van der Waals surface area contributed by atoms with Crippen LogP contribution >= 0.6 is 27.3 Å². The van der Waals surface area contributed by atoms with Crippen molar-refractivity contribution in [3.05, 3.63) is 22.7 Å². The lowest BCUT2D eigenvalue weighted by atomic mass is 9.96. The first-order valence-corrected chi connectivity index (χ1v) is 8.45. The van der Waals surface area contributed by atoms with E-state index in [0.29, 0.717) is 11.2 Å². The highest BCUT2D eigenvalue weighted by molar-refractivity contribution is 9.10. The topological polar surface area (TPSA) is 54.0 Å². The molecule has 2 N–H and O–H groups in total. The molecule has 0 unspecified atom stereocenters. The number of thiazole rings is 1. The summed E-state index contributed by atoms with van der Waals surface area (Å²) in [5.74, 6) is 0. The molecular weight excluding hydrogens is 338 g/mol. The monoisotopic (exact) mass is 353 g/mol. The minimum absolute atomic E-state index is 0.143. The first kappa shape index (κ1) is 13.8. The molecule has 3 rings (SSSR count). The molecule has 0 spiro atoms. The van der Waals surface area contributed by atoms with Gasteiger partial charge in [0.25, 0.3) is 0 Å². The van der Waals surface area contributed by atoms with Crippen molar-refractivity contribution in [3.63, 3.8) is 0 Å². The van der Waals surface area contributed by atoms with Gasteiger partial charge in [0.1, 0.15) is 0 Å². The lowest BCUT2D eigenvalue weighted by molar-refractivity contribution is 0.244. The molecule has 1 fully saturated rings. The van der Waals surface area contributed by atoms with Crippen molar-refractivity contribution in [1.82, 2.24) is 10.3 Å². The number of rotatable bonds is 2. The van der Waals surface area contributed by atoms with E-state index in [1.807, 2.05) is 18.2 Å². The summed E-state index contributed by atoms with van der Waals surface area (Å²) in [5, 5.41) is 6.52. The molecule has 20 heavy (non-hydrogen) atoms. The van der Waals surface area contributed by atoms with E-state index in [9.17, 15) is 4.79 Å². The lowest BCUT2D eigenvalue weighted by Crippen LogP contribution is -2.38. The molecule has 106 valence electrons. The van der Waals surface area contributed by atoms with Crippen LogP contribution in [-0.4, -0.2) is 17.1 Å². The molecule has 0 radical (unpaired) electrons. The van der Waals surface area contributed by atoms with Crippen LogP contribution in [0.3, 0.4) is 0 Å². The van der Waals surface area contributed by atoms with E-state index >= 15 is 0 Å². The number of urea groups is 1. The molecule has 1 aliphatic carbocycles. The van der Waals surface area contributed by atoms with Crippen LogP contribution in [0, 0.1) is 0 Å². The van der Waals surface area contributed by atoms with Gasteiger partial charge in [-0.05, 0) is 31.0 Å². The van der Waals surface area contributed by atoms with Crippen LogP contribution in [0.2, 0.25) is 0 Å². The minimum Gasteiger partial charge on any atom is -0.335 e. The van der Waals surface area contributed by atoms with Crippen LogP contribution in [0.4, 0.5) is 9.93 Å². The molecular formula is C14H16BrN3OS. The van der Waals surface area contributed by atoms with Gasteiger partial charge in [-0.15, -0.1) is 0 Å². The van der Waals surface area contributed by atoms with Crippen molar-refractivity contribution in [1.29, 1.82) is 0 Å². The first-order valence-electron chi connectivity index (χ1n) is 6.84. The third kappa shape index (κ3) is 3.30. The number of benzene rings is 1. The Labute approximate surface area is 130 Å². The molecule has 0 atom stereocenters. The number of aromatic nitrogens is 1. The van der Waals surface area contributed by atoms with Crippen LogP contribution in [-0.2, 0) is 0 Å². The van der Waals surface area contributed by atoms with Crippen molar-refractivity contribution in [2.45, 2.75) is 38.1 Å². The van der Waals surface area contributed by atoms with Gasteiger partial charge in [0.2, 0.25) is 0 Å². The Kier molecular flexibility index (Phi) is 4.21. The number of amides is 2. The van der Waals surface area contributed by atoms with Crippen molar-refractivity contribution in [2.24, 2.45) is 0 Å². The summed E-state index contributed by atoms with van der Waals surface area (Å²) >= 11 is 4.92. The van der Waals surface area contributed by atoms with Gasteiger partial charge in [-0.2, -0.15) is 0 Å². The van der Waals surface area contributed by atoms with Crippen LogP contribution in [0.5, 0.6) is 0 Å². The van der Waals surface area contributed by atoms with Gasteiger partial charge in [0.15, 0.2) is 5.13 Å². The number of nitrogens with zero attached hydrogens (tertiary/aromatic N) is 1. The summed E-state index contributed by atoms with van der Waals surface area (Å²) in [6.45, 7) is 0. The summed E-state index contributed by atoms with van der Waals surface area (Å²) in [5.41, 5.74) is 0.900. The van der Waals surface area contributed by atoms with Gasteiger partial charge in [0.05, 0.1) is 10.2 Å². The summed E-state index contributed by atoms with van der Waals surface area (Å²) in [4.78, 5) is 16.4. The Hall–Kier alpha value is -1.14. The van der Waals surface area contributed by atoms with E-state index < -0.39 is 0 Å². The molecule has 0 saturated heterocycles. The summed E-state index contributed by atoms with van der Waals surface area (Å²) in [6.07, 6.45) is 5.87. The van der Waals surface area contributed by atoms with Crippen LogP contribution < -0.4 is 10.6 Å². The fraction of sp³-hybridized carbons (Fsp3) is 0.429. The number of halogens is 1. The van der Waals surface area contributed by atoms with Gasteiger partial charge < -0.3 is 5.32 Å². The SMILES string of the molecule is O=C(Nc1nc2cc(Br)ccc2s1)NC1CCCCC1. The highest BCUT2D eigenvalue weighted by Gasteiger charge is 2.16. The average Bonchev–Trinajstić information content (AvgIpc) is 2.80. The van der Waals surface area contributed by atoms with E-state index in [-0.39, 0.29) is 6.03 Å². The van der Waals surface area contributed by atoms with Crippen LogP contribution in [0.15, 0.2) is 22.7 Å². The number of anilines is 1. The van der Waals surface area contributed by atoms with Crippen molar-refractivity contribution < 1.29 is 4.79 Å². The number of nitrogens with one attached hydrogen (secondary N) is 2. The highest BCUT2D eigenvalue weighted by atomic mass is 79.9. The maximum absolute atomic E-state index is 12.0. The number of hydrogen-bond acceptors (Lipinski definition) is 3. The second-order valence-corrected chi connectivity index (χ2v) is 7.01. The first-order chi connectivity index (χ1) is 9.70. The van der Waals surface area contributed by atoms with Gasteiger partial charge in [-0.25, -0.2) is 9.78 Å².